The normalized spacial score (nSPS) is 14.0. The highest BCUT2D eigenvalue weighted by Gasteiger charge is 2.30. The van der Waals surface area contributed by atoms with E-state index in [0.29, 0.717) is 31.6 Å². The zero-order valence-corrected chi connectivity index (χ0v) is 63.8. The Kier molecular flexibility index (Phi) is 66.5. The Morgan fingerprint density at radius 1 is 0.284 bits per heavy atom. The maximum atomic E-state index is 13.1. The molecule has 0 aromatic carbocycles. The minimum atomic E-state index is -4.96. The largest absolute Gasteiger partial charge is 0.472 e. The molecule has 0 saturated carbocycles. The van der Waals surface area contributed by atoms with E-state index in [-0.39, 0.29) is 25.7 Å². The summed E-state index contributed by atoms with van der Waals surface area (Å²) in [6.45, 7) is 9.50. The van der Waals surface area contributed by atoms with E-state index in [4.69, 9.17) is 37.0 Å². The summed E-state index contributed by atoms with van der Waals surface area (Å²) in [4.78, 5) is 72.8. The van der Waals surface area contributed by atoms with Gasteiger partial charge in [0.25, 0.3) is 0 Å². The predicted molar refractivity (Wildman–Crippen MR) is 386 cm³/mol. The fourth-order valence-corrected chi connectivity index (χ4v) is 13.2. The zero-order chi connectivity index (χ0) is 70.0. The zero-order valence-electron chi connectivity index (χ0n) is 62.0. The molecule has 564 valence electrons. The third kappa shape index (κ3) is 70.3. The van der Waals surface area contributed by atoms with Crippen LogP contribution in [0.5, 0.6) is 0 Å². The first-order valence-electron chi connectivity index (χ1n) is 39.5. The van der Waals surface area contributed by atoms with Crippen LogP contribution in [0.4, 0.5) is 0 Å². The fourth-order valence-electron chi connectivity index (χ4n) is 11.7. The highest BCUT2D eigenvalue weighted by atomic mass is 31.2. The van der Waals surface area contributed by atoms with Gasteiger partial charge in [0.2, 0.25) is 0 Å². The second-order valence-electron chi connectivity index (χ2n) is 28.3. The van der Waals surface area contributed by atoms with Gasteiger partial charge in [-0.05, 0) is 37.5 Å². The molecular formula is C76H148O17P2. The lowest BCUT2D eigenvalue weighted by molar-refractivity contribution is -0.161. The number of carbonyl (C=O) groups excluding carboxylic acids is 4. The minimum absolute atomic E-state index is 0.104. The molecule has 0 radical (unpaired) electrons. The molecule has 0 bridgehead atoms. The number of hydrogen-bond acceptors (Lipinski definition) is 15. The summed E-state index contributed by atoms with van der Waals surface area (Å²) in [5.74, 6) is -0.695. The van der Waals surface area contributed by atoms with Gasteiger partial charge in [0, 0.05) is 25.7 Å². The third-order valence-electron chi connectivity index (χ3n) is 17.7. The van der Waals surface area contributed by atoms with Crippen LogP contribution >= 0.6 is 15.6 Å². The van der Waals surface area contributed by atoms with Gasteiger partial charge in [-0.2, -0.15) is 0 Å². The van der Waals surface area contributed by atoms with Crippen LogP contribution in [0.2, 0.25) is 0 Å². The predicted octanol–water partition coefficient (Wildman–Crippen LogP) is 22.3. The second kappa shape index (κ2) is 67.9. The minimum Gasteiger partial charge on any atom is -0.462 e. The molecule has 0 aliphatic heterocycles. The van der Waals surface area contributed by atoms with Crippen molar-refractivity contribution < 1.29 is 80.2 Å². The van der Waals surface area contributed by atoms with Crippen molar-refractivity contribution in [2.24, 2.45) is 11.8 Å². The molecule has 0 aliphatic rings. The van der Waals surface area contributed by atoms with Crippen LogP contribution in [0.1, 0.15) is 395 Å². The van der Waals surface area contributed by atoms with E-state index in [1.165, 1.54) is 205 Å². The second-order valence-corrected chi connectivity index (χ2v) is 31.3. The molecule has 0 heterocycles. The van der Waals surface area contributed by atoms with Gasteiger partial charge in [-0.25, -0.2) is 9.13 Å². The Labute approximate surface area is 581 Å². The van der Waals surface area contributed by atoms with Crippen molar-refractivity contribution in [2.75, 3.05) is 39.6 Å². The van der Waals surface area contributed by atoms with Crippen LogP contribution in [-0.2, 0) is 65.4 Å². The molecule has 0 spiro atoms. The van der Waals surface area contributed by atoms with Crippen LogP contribution in [0, 0.1) is 11.8 Å². The number of hydrogen-bond donors (Lipinski definition) is 3. The van der Waals surface area contributed by atoms with Crippen molar-refractivity contribution in [1.29, 1.82) is 0 Å². The number of phosphoric ester groups is 2. The molecule has 0 fully saturated rings. The molecule has 0 aromatic heterocycles. The lowest BCUT2D eigenvalue weighted by Gasteiger charge is -2.21. The van der Waals surface area contributed by atoms with E-state index in [0.717, 1.165) is 102 Å². The lowest BCUT2D eigenvalue weighted by atomic mass is 10.0. The van der Waals surface area contributed by atoms with Crippen molar-refractivity contribution >= 4 is 39.5 Å². The average Bonchev–Trinajstić information content (AvgIpc) is 1.50. The van der Waals surface area contributed by atoms with Gasteiger partial charge in [-0.1, -0.05) is 343 Å². The SMILES string of the molecule is CCCCCCCCCCCCCCCCCCCCCCC(=O)O[C@H](COC(=O)CCCCCCCCCCCCCCCC)COP(=O)(O)OC[C@@H](O)COP(=O)(O)OC[C@@H](COC(=O)CCCCCCCCCC(C)C)OC(=O)CCCCCCCCCCC(C)C. The number of aliphatic hydroxyl groups excluding tert-OH is 1. The van der Waals surface area contributed by atoms with Crippen LogP contribution in [-0.4, -0.2) is 96.7 Å². The number of ether oxygens (including phenoxy) is 4. The smallest absolute Gasteiger partial charge is 0.462 e. The van der Waals surface area contributed by atoms with Crippen molar-refractivity contribution in [3.63, 3.8) is 0 Å². The van der Waals surface area contributed by atoms with Crippen molar-refractivity contribution in [3.8, 4) is 0 Å². The maximum Gasteiger partial charge on any atom is 0.472 e. The topological polar surface area (TPSA) is 237 Å². The first-order chi connectivity index (χ1) is 45.9. The number of carbonyl (C=O) groups is 4. The number of unbranched alkanes of at least 4 members (excludes halogenated alkanes) is 45. The Morgan fingerprint density at radius 2 is 0.484 bits per heavy atom. The Hall–Kier alpha value is -1.94. The molecule has 19 heteroatoms. The van der Waals surface area contributed by atoms with Crippen molar-refractivity contribution in [3.05, 3.63) is 0 Å². The summed E-state index contributed by atoms with van der Waals surface area (Å²) >= 11 is 0. The van der Waals surface area contributed by atoms with Crippen LogP contribution in [0.25, 0.3) is 0 Å². The summed E-state index contributed by atoms with van der Waals surface area (Å²) < 4.78 is 68.5. The van der Waals surface area contributed by atoms with Crippen LogP contribution < -0.4 is 0 Å². The summed E-state index contributed by atoms with van der Waals surface area (Å²) in [5.41, 5.74) is 0. The van der Waals surface area contributed by atoms with Crippen molar-refractivity contribution in [1.82, 2.24) is 0 Å². The summed E-state index contributed by atoms with van der Waals surface area (Å²) in [5, 5.41) is 10.6. The van der Waals surface area contributed by atoms with Gasteiger partial charge in [0.15, 0.2) is 12.2 Å². The first-order valence-corrected chi connectivity index (χ1v) is 42.5. The van der Waals surface area contributed by atoms with E-state index in [2.05, 4.69) is 41.5 Å². The van der Waals surface area contributed by atoms with E-state index >= 15 is 0 Å². The Balaban J connectivity index is 5.21. The van der Waals surface area contributed by atoms with Gasteiger partial charge in [-0.15, -0.1) is 0 Å². The van der Waals surface area contributed by atoms with Gasteiger partial charge >= 0.3 is 39.5 Å². The quantitative estimate of drug-likeness (QED) is 0.0222. The number of phosphoric acid groups is 2. The summed E-state index contributed by atoms with van der Waals surface area (Å²) in [6, 6.07) is 0. The highest BCUT2D eigenvalue weighted by molar-refractivity contribution is 7.47. The lowest BCUT2D eigenvalue weighted by Crippen LogP contribution is -2.30. The third-order valence-corrected chi connectivity index (χ3v) is 19.6. The van der Waals surface area contributed by atoms with Gasteiger partial charge in [-0.3, -0.25) is 37.3 Å². The molecule has 0 aliphatic carbocycles. The molecule has 0 rings (SSSR count). The van der Waals surface area contributed by atoms with E-state index in [1.54, 1.807) is 0 Å². The first kappa shape index (κ1) is 93.1. The standard InChI is InChI=1S/C76H148O17P2/c1-7-9-11-13-15-17-19-21-23-24-25-26-27-28-30-32-34-41-48-54-60-75(80)92-71(64-86-73(78)58-52-46-40-33-31-29-22-20-18-16-14-12-10-8-2)66-90-94(82,83)88-62-70(77)63-89-95(84,85)91-67-72(65-87-74(79)59-53-47-43-37-39-45-51-57-69(5)6)93-76(81)61-55-49-42-36-35-38-44-50-56-68(3)4/h68-72,77H,7-67H2,1-6H3,(H,82,83)(H,84,85)/t70-,71-,72-/m1/s1. The number of esters is 4. The fraction of sp³-hybridized carbons (Fsp3) is 0.947. The van der Waals surface area contributed by atoms with E-state index in [1.807, 2.05) is 0 Å². The number of rotatable bonds is 75. The van der Waals surface area contributed by atoms with Gasteiger partial charge in [0.1, 0.15) is 19.3 Å². The highest BCUT2D eigenvalue weighted by Crippen LogP contribution is 2.45. The summed E-state index contributed by atoms with van der Waals surface area (Å²) in [7, 11) is -9.91. The summed E-state index contributed by atoms with van der Waals surface area (Å²) in [6.07, 6.45) is 55.7. The van der Waals surface area contributed by atoms with E-state index < -0.39 is 97.5 Å². The van der Waals surface area contributed by atoms with E-state index in [9.17, 15) is 43.2 Å². The molecule has 0 aromatic rings. The molecule has 3 N–H and O–H groups in total. The maximum absolute atomic E-state index is 13.1. The van der Waals surface area contributed by atoms with Crippen LogP contribution in [0.15, 0.2) is 0 Å². The van der Waals surface area contributed by atoms with Gasteiger partial charge in [0.05, 0.1) is 26.4 Å². The molecule has 17 nitrogen and oxygen atoms in total. The number of aliphatic hydroxyl groups is 1. The molecule has 0 amide bonds. The molecule has 2 unspecified atom stereocenters. The average molecular weight is 1400 g/mol. The molecule has 95 heavy (non-hydrogen) atoms. The van der Waals surface area contributed by atoms with Crippen molar-refractivity contribution in [2.45, 2.75) is 413 Å². The van der Waals surface area contributed by atoms with Gasteiger partial charge < -0.3 is 33.8 Å². The van der Waals surface area contributed by atoms with Crippen LogP contribution in [0.3, 0.4) is 0 Å². The molecular weight excluding hydrogens is 1250 g/mol. The molecule has 5 atom stereocenters. The molecule has 0 saturated heterocycles. The Bertz CT molecular complexity index is 1840. The monoisotopic (exact) mass is 1400 g/mol. The Morgan fingerprint density at radius 3 is 0.716 bits per heavy atom.